The summed E-state index contributed by atoms with van der Waals surface area (Å²) in [5.74, 6) is -1.63. The zero-order chi connectivity index (χ0) is 20.3. The quantitative estimate of drug-likeness (QED) is 0.384. The minimum atomic E-state index is -4.20. The Morgan fingerprint density at radius 2 is 2.18 bits per heavy atom. The molecule has 1 aliphatic rings. The highest BCUT2D eigenvalue weighted by Crippen LogP contribution is 2.46. The van der Waals surface area contributed by atoms with Crippen molar-refractivity contribution in [1.82, 2.24) is 14.3 Å². The van der Waals surface area contributed by atoms with E-state index in [1.807, 2.05) is 28.6 Å². The molecule has 2 atom stereocenters. The smallest absolute Gasteiger partial charge is 0.364 e. The van der Waals surface area contributed by atoms with Crippen LogP contribution in [-0.2, 0) is 6.54 Å². The second kappa shape index (κ2) is 8.91. The predicted molar refractivity (Wildman–Crippen MR) is 111 cm³/mol. The van der Waals surface area contributed by atoms with Gasteiger partial charge < -0.3 is 16.0 Å². The molecule has 2 aromatic rings. The van der Waals surface area contributed by atoms with Gasteiger partial charge in [0.15, 0.2) is 5.82 Å². The first-order valence-electron chi connectivity index (χ1n) is 8.58. The molecular weight excluding hydrogens is 506 g/mol. The molecule has 11 heteroatoms. The number of piperidine rings is 1. The Bertz CT molecular complexity index is 831. The summed E-state index contributed by atoms with van der Waals surface area (Å²) in [5.41, 5.74) is 7.15. The molecule has 0 spiro atoms. The molecule has 1 saturated heterocycles. The average Bonchev–Trinajstić information content (AvgIpc) is 3.14. The summed E-state index contributed by atoms with van der Waals surface area (Å²) in [6.45, 7) is 0.684. The summed E-state index contributed by atoms with van der Waals surface area (Å²) in [6.07, 6.45) is -2.71. The van der Waals surface area contributed by atoms with Gasteiger partial charge in [-0.3, -0.25) is 4.79 Å². The van der Waals surface area contributed by atoms with Crippen LogP contribution in [-0.4, -0.2) is 32.9 Å². The number of alkyl halides is 3. The van der Waals surface area contributed by atoms with Crippen molar-refractivity contribution < 1.29 is 18.0 Å². The fourth-order valence-electron chi connectivity index (χ4n) is 3.42. The Kier molecular flexibility index (Phi) is 6.76. The number of anilines is 1. The van der Waals surface area contributed by atoms with Gasteiger partial charge in [-0.1, -0.05) is 24.3 Å². The lowest BCUT2D eigenvalue weighted by Gasteiger charge is -2.39. The van der Waals surface area contributed by atoms with Crippen LogP contribution < -0.4 is 11.1 Å². The summed E-state index contributed by atoms with van der Waals surface area (Å²) in [4.78, 5) is 18.1. The molecule has 3 rings (SSSR count). The number of amides is 1. The van der Waals surface area contributed by atoms with Crippen LogP contribution in [0.2, 0.25) is 0 Å². The normalized spacial score (nSPS) is 20.9. The van der Waals surface area contributed by atoms with Crippen molar-refractivity contribution in [3.63, 3.8) is 0 Å². The van der Waals surface area contributed by atoms with Gasteiger partial charge in [0, 0.05) is 40.3 Å². The SMILES string of the molecule is NC(=O)c1[nH]cnc1NCc1ccccc1C1CC(C(F)(F)F)CCN1SI. The lowest BCUT2D eigenvalue weighted by molar-refractivity contribution is -0.186. The molecule has 2 unspecified atom stereocenters. The molecule has 1 aromatic heterocycles. The number of H-pyrrole nitrogens is 1. The van der Waals surface area contributed by atoms with E-state index in [2.05, 4.69) is 36.5 Å². The van der Waals surface area contributed by atoms with Crippen molar-refractivity contribution in [3.05, 3.63) is 47.4 Å². The molecule has 2 heterocycles. The van der Waals surface area contributed by atoms with Gasteiger partial charge in [0.25, 0.3) is 5.91 Å². The maximum Gasteiger partial charge on any atom is 0.391 e. The Morgan fingerprint density at radius 1 is 1.43 bits per heavy atom. The lowest BCUT2D eigenvalue weighted by atomic mass is 9.86. The average molecular weight is 525 g/mol. The molecule has 0 radical (unpaired) electrons. The number of hydrogen-bond acceptors (Lipinski definition) is 5. The van der Waals surface area contributed by atoms with Gasteiger partial charge in [-0.05, 0) is 33.1 Å². The summed E-state index contributed by atoms with van der Waals surface area (Å²) in [7, 11) is 1.43. The number of nitrogens with zero attached hydrogens (tertiary/aromatic N) is 2. The van der Waals surface area contributed by atoms with Gasteiger partial charge in [-0.15, -0.1) is 0 Å². The highest BCUT2D eigenvalue weighted by Gasteiger charge is 2.45. The maximum absolute atomic E-state index is 13.3. The number of rotatable bonds is 6. The third-order valence-electron chi connectivity index (χ3n) is 4.85. The number of carbonyl (C=O) groups excluding carboxylic acids is 1. The van der Waals surface area contributed by atoms with Crippen molar-refractivity contribution in [1.29, 1.82) is 0 Å². The zero-order valence-corrected chi connectivity index (χ0v) is 17.6. The van der Waals surface area contributed by atoms with Gasteiger partial charge in [0.1, 0.15) is 5.69 Å². The van der Waals surface area contributed by atoms with Crippen LogP contribution in [0.15, 0.2) is 30.6 Å². The van der Waals surface area contributed by atoms with E-state index in [0.717, 1.165) is 11.1 Å². The van der Waals surface area contributed by atoms with Crippen molar-refractivity contribution in [2.24, 2.45) is 11.7 Å². The first-order chi connectivity index (χ1) is 13.3. The van der Waals surface area contributed by atoms with Crippen LogP contribution in [0.3, 0.4) is 0 Å². The molecule has 28 heavy (non-hydrogen) atoms. The van der Waals surface area contributed by atoms with Gasteiger partial charge >= 0.3 is 6.18 Å². The van der Waals surface area contributed by atoms with E-state index in [0.29, 0.717) is 18.9 Å². The van der Waals surface area contributed by atoms with Crippen LogP contribution in [0.1, 0.15) is 40.5 Å². The molecule has 152 valence electrons. The molecule has 1 aliphatic heterocycles. The number of aromatic nitrogens is 2. The Morgan fingerprint density at radius 3 is 2.86 bits per heavy atom. The topological polar surface area (TPSA) is 87.0 Å². The minimum absolute atomic E-state index is 0.0193. The molecule has 6 nitrogen and oxygen atoms in total. The van der Waals surface area contributed by atoms with E-state index in [1.165, 1.54) is 15.4 Å². The highest BCUT2D eigenvalue weighted by atomic mass is 127. The summed E-state index contributed by atoms with van der Waals surface area (Å²) in [5, 5.41) is 3.05. The second-order valence-corrected chi connectivity index (χ2v) is 8.32. The van der Waals surface area contributed by atoms with Crippen molar-refractivity contribution in [2.45, 2.75) is 31.6 Å². The van der Waals surface area contributed by atoms with Gasteiger partial charge in [-0.25, -0.2) is 9.29 Å². The Balaban J connectivity index is 1.83. The number of imidazole rings is 1. The summed E-state index contributed by atoms with van der Waals surface area (Å²) >= 11 is 2.11. The number of aromatic amines is 1. The molecule has 1 fully saturated rings. The number of halogens is 4. The van der Waals surface area contributed by atoms with Crippen LogP contribution in [0.4, 0.5) is 19.0 Å². The number of nitrogens with one attached hydrogen (secondary N) is 2. The molecule has 0 bridgehead atoms. The highest BCUT2D eigenvalue weighted by molar-refractivity contribution is 14.2. The molecule has 4 N–H and O–H groups in total. The number of carbonyl (C=O) groups is 1. The van der Waals surface area contributed by atoms with Crippen LogP contribution >= 0.6 is 30.3 Å². The van der Waals surface area contributed by atoms with E-state index in [4.69, 9.17) is 5.73 Å². The van der Waals surface area contributed by atoms with Gasteiger partial charge in [-0.2, -0.15) is 13.2 Å². The standard InChI is InChI=1S/C17H19F3IN5OS/c18-17(19,20)11-5-6-26(28-21)13(7-11)12-4-2-1-3-10(12)8-23-16-14(15(22)27)24-9-25-16/h1-4,9,11,13,23H,5-8H2,(H2,22,27)(H,24,25). The van der Waals surface area contributed by atoms with E-state index < -0.39 is 18.0 Å². The van der Waals surface area contributed by atoms with E-state index >= 15 is 0 Å². The number of benzene rings is 1. The Labute approximate surface area is 176 Å². The second-order valence-electron chi connectivity index (χ2n) is 6.53. The number of primary amides is 1. The van der Waals surface area contributed by atoms with Crippen molar-refractivity contribution >= 4 is 42.0 Å². The zero-order valence-electron chi connectivity index (χ0n) is 14.7. The van der Waals surface area contributed by atoms with E-state index in [9.17, 15) is 18.0 Å². The maximum atomic E-state index is 13.3. The van der Waals surface area contributed by atoms with Crippen molar-refractivity contribution in [3.8, 4) is 0 Å². The molecule has 1 amide bonds. The fraction of sp³-hybridized carbons (Fsp3) is 0.412. The van der Waals surface area contributed by atoms with Crippen LogP contribution in [0.25, 0.3) is 0 Å². The first kappa shape index (κ1) is 21.2. The monoisotopic (exact) mass is 525 g/mol. The van der Waals surface area contributed by atoms with Crippen LogP contribution in [0, 0.1) is 5.92 Å². The van der Waals surface area contributed by atoms with E-state index in [-0.39, 0.29) is 24.6 Å². The van der Waals surface area contributed by atoms with E-state index in [1.54, 1.807) is 0 Å². The third-order valence-corrected chi connectivity index (χ3v) is 6.98. The molecule has 0 saturated carbocycles. The lowest BCUT2D eigenvalue weighted by Crippen LogP contribution is -2.38. The van der Waals surface area contributed by atoms with Crippen LogP contribution in [0.5, 0.6) is 0 Å². The minimum Gasteiger partial charge on any atom is -0.364 e. The first-order valence-corrected chi connectivity index (χ1v) is 11.9. The van der Waals surface area contributed by atoms with Crippen molar-refractivity contribution in [2.75, 3.05) is 11.9 Å². The Hall–Kier alpha value is -1.47. The molecular formula is C17H19F3IN5OS. The van der Waals surface area contributed by atoms with Gasteiger partial charge in [0.05, 0.1) is 12.2 Å². The largest absolute Gasteiger partial charge is 0.391 e. The molecule has 1 aromatic carbocycles. The predicted octanol–water partition coefficient (Wildman–Crippen LogP) is 4.43. The number of nitrogens with two attached hydrogens (primary N) is 1. The summed E-state index contributed by atoms with van der Waals surface area (Å²) in [6, 6.07) is 7.04. The summed E-state index contributed by atoms with van der Waals surface area (Å²) < 4.78 is 42.0. The fourth-order valence-corrected chi connectivity index (χ4v) is 5.31. The third kappa shape index (κ3) is 4.74. The molecule has 0 aliphatic carbocycles. The van der Waals surface area contributed by atoms with Gasteiger partial charge in [0.2, 0.25) is 0 Å². The number of hydrogen-bond donors (Lipinski definition) is 3.